The molecule has 0 saturated carbocycles. The van der Waals surface area contributed by atoms with Crippen molar-refractivity contribution in [1.82, 2.24) is 5.32 Å². The third kappa shape index (κ3) is 6.05. The number of amides is 1. The van der Waals surface area contributed by atoms with Gasteiger partial charge in [-0.2, -0.15) is 0 Å². The quantitative estimate of drug-likeness (QED) is 0.722. The summed E-state index contributed by atoms with van der Waals surface area (Å²) in [5, 5.41) is 16.0. The minimum Gasteiger partial charge on any atom is -0.480 e. The highest BCUT2D eigenvalue weighted by atomic mass is 35.5. The number of anilines is 1. The molecule has 1 aromatic heterocycles. The van der Waals surface area contributed by atoms with E-state index < -0.39 is 5.97 Å². The van der Waals surface area contributed by atoms with Gasteiger partial charge in [0.25, 0.3) is 0 Å². The number of carbonyl (C=O) groups is 2. The Morgan fingerprint density at radius 1 is 1.40 bits per heavy atom. The molecule has 0 fully saturated rings. The molecule has 0 spiro atoms. The van der Waals surface area contributed by atoms with Gasteiger partial charge < -0.3 is 10.4 Å². The molecule has 0 saturated heterocycles. The van der Waals surface area contributed by atoms with Crippen molar-refractivity contribution >= 4 is 40.6 Å². The Bertz CT molecular complexity index is 316. The maximum atomic E-state index is 11.1. The van der Waals surface area contributed by atoms with Crippen molar-refractivity contribution < 1.29 is 14.7 Å². The molecule has 0 unspecified atom stereocenters. The van der Waals surface area contributed by atoms with Crippen molar-refractivity contribution in [2.45, 2.75) is 0 Å². The molecule has 15 heavy (non-hydrogen) atoms. The lowest BCUT2D eigenvalue weighted by Crippen LogP contribution is -2.31. The molecule has 0 bridgehead atoms. The summed E-state index contributed by atoms with van der Waals surface area (Å²) in [5.74, 6) is -1.22. The van der Waals surface area contributed by atoms with E-state index >= 15 is 0 Å². The summed E-state index contributed by atoms with van der Waals surface area (Å²) in [4.78, 5) is 21.2. The molecular weight excluding hydrogens is 240 g/mol. The number of halogens is 1. The Hall–Kier alpha value is -1.11. The normalized spacial score (nSPS) is 9.07. The lowest BCUT2D eigenvalue weighted by Gasteiger charge is -2.02. The molecule has 0 aliphatic rings. The van der Waals surface area contributed by atoms with E-state index in [4.69, 9.17) is 5.11 Å². The first-order valence-corrected chi connectivity index (χ1v) is 4.82. The molecule has 1 heterocycles. The molecule has 0 aliphatic carbocycles. The minimum absolute atomic E-state index is 0. The standard InChI is InChI=1S/C8H10N2O3S.ClH/c11-6(4-9-5-8(12)13)10-7-2-1-3-14-7;/h1-3,9H,4-5H2,(H,10,11)(H,12,13);1H. The second-order valence-electron chi connectivity index (χ2n) is 2.52. The van der Waals surface area contributed by atoms with Crippen LogP contribution in [-0.2, 0) is 9.59 Å². The highest BCUT2D eigenvalue weighted by Gasteiger charge is 2.03. The van der Waals surface area contributed by atoms with Gasteiger partial charge >= 0.3 is 5.97 Å². The monoisotopic (exact) mass is 250 g/mol. The molecule has 0 radical (unpaired) electrons. The summed E-state index contributed by atoms with van der Waals surface area (Å²) < 4.78 is 0. The highest BCUT2D eigenvalue weighted by molar-refractivity contribution is 7.14. The Morgan fingerprint density at radius 3 is 2.67 bits per heavy atom. The number of carboxylic acids is 1. The Kier molecular flexibility index (Phi) is 6.68. The smallest absolute Gasteiger partial charge is 0.317 e. The first kappa shape index (κ1) is 13.9. The molecule has 1 aromatic rings. The van der Waals surface area contributed by atoms with Gasteiger partial charge in [-0.1, -0.05) is 0 Å². The lowest BCUT2D eigenvalue weighted by molar-refractivity contribution is -0.135. The number of hydrogen-bond donors (Lipinski definition) is 3. The third-order valence-corrected chi connectivity index (χ3v) is 2.13. The maximum absolute atomic E-state index is 11.1. The fourth-order valence-corrected chi connectivity index (χ4v) is 1.45. The SMILES string of the molecule is Cl.O=C(O)CNCC(=O)Nc1cccs1. The van der Waals surface area contributed by atoms with Crippen LogP contribution in [0.25, 0.3) is 0 Å². The van der Waals surface area contributed by atoms with E-state index in [0.717, 1.165) is 5.00 Å². The Balaban J connectivity index is 0.00000196. The van der Waals surface area contributed by atoms with E-state index in [9.17, 15) is 9.59 Å². The molecule has 3 N–H and O–H groups in total. The summed E-state index contributed by atoms with van der Waals surface area (Å²) in [6, 6.07) is 3.60. The maximum Gasteiger partial charge on any atom is 0.317 e. The van der Waals surface area contributed by atoms with Crippen LogP contribution in [0.2, 0.25) is 0 Å². The van der Waals surface area contributed by atoms with Gasteiger partial charge in [-0.3, -0.25) is 14.9 Å². The fraction of sp³-hybridized carbons (Fsp3) is 0.250. The number of carboxylic acid groups (broad SMARTS) is 1. The van der Waals surface area contributed by atoms with E-state index in [2.05, 4.69) is 10.6 Å². The predicted molar refractivity (Wildman–Crippen MR) is 60.7 cm³/mol. The summed E-state index contributed by atoms with van der Waals surface area (Å²) in [5.41, 5.74) is 0. The third-order valence-electron chi connectivity index (χ3n) is 1.35. The van der Waals surface area contributed by atoms with E-state index in [1.54, 1.807) is 6.07 Å². The van der Waals surface area contributed by atoms with Crippen LogP contribution in [0.1, 0.15) is 0 Å². The van der Waals surface area contributed by atoms with Gasteiger partial charge in [0.1, 0.15) is 0 Å². The van der Waals surface area contributed by atoms with Gasteiger partial charge in [-0.25, -0.2) is 0 Å². The minimum atomic E-state index is -0.978. The Morgan fingerprint density at radius 2 is 2.13 bits per heavy atom. The number of aliphatic carboxylic acids is 1. The van der Waals surface area contributed by atoms with Gasteiger partial charge in [0.05, 0.1) is 18.1 Å². The summed E-state index contributed by atoms with van der Waals surface area (Å²) in [6.07, 6.45) is 0. The molecule has 5 nitrogen and oxygen atoms in total. The van der Waals surface area contributed by atoms with Crippen LogP contribution in [0, 0.1) is 0 Å². The molecule has 0 aromatic carbocycles. The molecule has 84 valence electrons. The van der Waals surface area contributed by atoms with Gasteiger partial charge in [0.15, 0.2) is 0 Å². The molecular formula is C8H11ClN2O3S. The average molecular weight is 251 g/mol. The van der Waals surface area contributed by atoms with Crippen LogP contribution >= 0.6 is 23.7 Å². The number of hydrogen-bond acceptors (Lipinski definition) is 4. The van der Waals surface area contributed by atoms with Gasteiger partial charge in [0, 0.05) is 0 Å². The average Bonchev–Trinajstić information content (AvgIpc) is 2.56. The van der Waals surface area contributed by atoms with Gasteiger partial charge in [0.2, 0.25) is 5.91 Å². The highest BCUT2D eigenvalue weighted by Crippen LogP contribution is 2.14. The topological polar surface area (TPSA) is 78.4 Å². The van der Waals surface area contributed by atoms with Gasteiger partial charge in [-0.15, -0.1) is 23.7 Å². The lowest BCUT2D eigenvalue weighted by atomic mass is 10.5. The van der Waals surface area contributed by atoms with E-state index in [1.165, 1.54) is 11.3 Å². The van der Waals surface area contributed by atoms with E-state index in [1.807, 2.05) is 11.4 Å². The zero-order valence-electron chi connectivity index (χ0n) is 7.73. The second-order valence-corrected chi connectivity index (χ2v) is 3.47. The van der Waals surface area contributed by atoms with Crippen molar-refractivity contribution in [2.75, 3.05) is 18.4 Å². The van der Waals surface area contributed by atoms with E-state index in [0.29, 0.717) is 0 Å². The number of thiophene rings is 1. The molecule has 0 atom stereocenters. The fourth-order valence-electron chi connectivity index (χ4n) is 0.814. The number of rotatable bonds is 5. The van der Waals surface area contributed by atoms with Crippen LogP contribution in [-0.4, -0.2) is 30.1 Å². The molecule has 1 amide bonds. The van der Waals surface area contributed by atoms with Crippen molar-refractivity contribution in [3.05, 3.63) is 17.5 Å². The summed E-state index contributed by atoms with van der Waals surface area (Å²) in [6.45, 7) is -0.206. The zero-order valence-corrected chi connectivity index (χ0v) is 9.36. The van der Waals surface area contributed by atoms with Crippen molar-refractivity contribution in [1.29, 1.82) is 0 Å². The Labute approximate surface area is 96.9 Å². The van der Waals surface area contributed by atoms with Crippen LogP contribution in [0.5, 0.6) is 0 Å². The van der Waals surface area contributed by atoms with Crippen molar-refractivity contribution in [2.24, 2.45) is 0 Å². The summed E-state index contributed by atoms with van der Waals surface area (Å²) in [7, 11) is 0. The molecule has 7 heteroatoms. The molecule has 0 aliphatic heterocycles. The largest absolute Gasteiger partial charge is 0.480 e. The first-order chi connectivity index (χ1) is 6.68. The van der Waals surface area contributed by atoms with Crippen LogP contribution < -0.4 is 10.6 Å². The second kappa shape index (κ2) is 7.22. The zero-order chi connectivity index (χ0) is 10.4. The number of nitrogens with one attached hydrogen (secondary N) is 2. The van der Waals surface area contributed by atoms with Crippen LogP contribution in [0.3, 0.4) is 0 Å². The molecule has 1 rings (SSSR count). The summed E-state index contributed by atoms with van der Waals surface area (Å²) >= 11 is 1.41. The number of carbonyl (C=O) groups excluding carboxylic acids is 1. The van der Waals surface area contributed by atoms with Crippen molar-refractivity contribution in [3.8, 4) is 0 Å². The van der Waals surface area contributed by atoms with Crippen LogP contribution in [0.15, 0.2) is 17.5 Å². The van der Waals surface area contributed by atoms with Crippen molar-refractivity contribution in [3.63, 3.8) is 0 Å². The predicted octanol–water partition coefficient (Wildman–Crippen LogP) is 0.783. The first-order valence-electron chi connectivity index (χ1n) is 3.94. The van der Waals surface area contributed by atoms with Gasteiger partial charge in [-0.05, 0) is 17.5 Å². The van der Waals surface area contributed by atoms with E-state index in [-0.39, 0.29) is 31.4 Å². The van der Waals surface area contributed by atoms with Crippen LogP contribution in [0.4, 0.5) is 5.00 Å².